The minimum Gasteiger partial charge on any atom is -0.490 e. The second-order valence-corrected chi connectivity index (χ2v) is 5.13. The number of rotatable bonds is 1. The Kier molecular flexibility index (Phi) is 2.79. The maximum atomic E-state index is 13.2. The van der Waals surface area contributed by atoms with Gasteiger partial charge < -0.3 is 9.84 Å². The molecule has 1 saturated carbocycles. The zero-order chi connectivity index (χ0) is 11.8. The first kappa shape index (κ1) is 11.0. The van der Waals surface area contributed by atoms with E-state index >= 15 is 0 Å². The van der Waals surface area contributed by atoms with E-state index in [2.05, 4.69) is 0 Å². The first-order chi connectivity index (χ1) is 8.24. The van der Waals surface area contributed by atoms with Crippen LogP contribution in [0.15, 0.2) is 18.2 Å². The first-order valence-electron chi connectivity index (χ1n) is 6.38. The molecule has 0 amide bonds. The fraction of sp³-hybridized carbons (Fsp3) is 0.571. The molecule has 92 valence electrons. The summed E-state index contributed by atoms with van der Waals surface area (Å²) in [5.41, 5.74) is 0.723. The molecule has 17 heavy (non-hydrogen) atoms. The van der Waals surface area contributed by atoms with E-state index in [4.69, 9.17) is 4.74 Å². The van der Waals surface area contributed by atoms with Crippen molar-refractivity contribution in [3.63, 3.8) is 0 Å². The average molecular weight is 236 g/mol. The van der Waals surface area contributed by atoms with Gasteiger partial charge >= 0.3 is 0 Å². The van der Waals surface area contributed by atoms with Gasteiger partial charge in [0, 0.05) is 18.1 Å². The lowest BCUT2D eigenvalue weighted by atomic mass is 9.90. The van der Waals surface area contributed by atoms with Gasteiger partial charge in [-0.1, -0.05) is 12.8 Å². The third kappa shape index (κ3) is 2.04. The Bertz CT molecular complexity index is 413. The quantitative estimate of drug-likeness (QED) is 0.811. The van der Waals surface area contributed by atoms with Gasteiger partial charge in [-0.05, 0) is 30.9 Å². The van der Waals surface area contributed by atoms with Crippen molar-refractivity contribution in [3.05, 3.63) is 29.6 Å². The molecule has 2 aliphatic rings. The number of aliphatic hydroxyl groups is 1. The van der Waals surface area contributed by atoms with Gasteiger partial charge in [-0.15, -0.1) is 0 Å². The van der Waals surface area contributed by atoms with Crippen molar-refractivity contribution in [2.24, 2.45) is 5.92 Å². The van der Waals surface area contributed by atoms with E-state index in [1.165, 1.54) is 37.8 Å². The van der Waals surface area contributed by atoms with Crippen LogP contribution in [0.2, 0.25) is 0 Å². The number of aliphatic hydroxyl groups excluding tert-OH is 1. The summed E-state index contributed by atoms with van der Waals surface area (Å²) in [4.78, 5) is 0. The summed E-state index contributed by atoms with van der Waals surface area (Å²) in [6.45, 7) is 0. The Morgan fingerprint density at radius 3 is 2.76 bits per heavy atom. The molecule has 1 aromatic rings. The Morgan fingerprint density at radius 1 is 1.24 bits per heavy atom. The van der Waals surface area contributed by atoms with Gasteiger partial charge in [0.05, 0.1) is 6.10 Å². The molecule has 1 aromatic carbocycles. The normalized spacial score (nSPS) is 28.8. The van der Waals surface area contributed by atoms with Crippen LogP contribution in [-0.4, -0.2) is 11.2 Å². The molecule has 0 bridgehead atoms. The standard InChI is InChI=1S/C14H17FO2/c15-10-5-6-11-12(16)8-13(17-14(11)7-10)9-3-1-2-4-9/h5-7,9,12-13,16H,1-4,8H2/t12-,13?/m0/s1. The second-order valence-electron chi connectivity index (χ2n) is 5.13. The smallest absolute Gasteiger partial charge is 0.128 e. The minimum absolute atomic E-state index is 0.0572. The van der Waals surface area contributed by atoms with Crippen LogP contribution >= 0.6 is 0 Å². The van der Waals surface area contributed by atoms with Crippen LogP contribution < -0.4 is 4.74 Å². The summed E-state index contributed by atoms with van der Waals surface area (Å²) in [7, 11) is 0. The molecule has 0 saturated heterocycles. The van der Waals surface area contributed by atoms with Crippen molar-refractivity contribution >= 4 is 0 Å². The number of ether oxygens (including phenoxy) is 1. The van der Waals surface area contributed by atoms with Gasteiger partial charge in [0.25, 0.3) is 0 Å². The molecule has 1 unspecified atom stereocenters. The van der Waals surface area contributed by atoms with Crippen molar-refractivity contribution in [2.75, 3.05) is 0 Å². The molecule has 1 aliphatic carbocycles. The zero-order valence-corrected chi connectivity index (χ0v) is 9.73. The highest BCUT2D eigenvalue weighted by molar-refractivity contribution is 5.37. The Hall–Kier alpha value is -1.09. The maximum absolute atomic E-state index is 13.2. The number of hydrogen-bond acceptors (Lipinski definition) is 2. The van der Waals surface area contributed by atoms with Crippen LogP contribution in [0, 0.1) is 11.7 Å². The van der Waals surface area contributed by atoms with Gasteiger partial charge in [0.2, 0.25) is 0 Å². The average Bonchev–Trinajstić information content (AvgIpc) is 2.81. The summed E-state index contributed by atoms with van der Waals surface area (Å²) in [5.74, 6) is 0.754. The Labute approximate surface area is 100 Å². The highest BCUT2D eigenvalue weighted by Crippen LogP contribution is 2.41. The van der Waals surface area contributed by atoms with Gasteiger partial charge in [0.15, 0.2) is 0 Å². The molecule has 3 heteroatoms. The van der Waals surface area contributed by atoms with E-state index in [1.54, 1.807) is 6.07 Å². The minimum atomic E-state index is -0.509. The Morgan fingerprint density at radius 2 is 2.00 bits per heavy atom. The van der Waals surface area contributed by atoms with E-state index in [0.717, 1.165) is 5.56 Å². The fourth-order valence-corrected chi connectivity index (χ4v) is 3.06. The zero-order valence-electron chi connectivity index (χ0n) is 9.73. The summed E-state index contributed by atoms with van der Waals surface area (Å²) >= 11 is 0. The van der Waals surface area contributed by atoms with Gasteiger partial charge in [-0.3, -0.25) is 0 Å². The fourth-order valence-electron chi connectivity index (χ4n) is 3.06. The maximum Gasteiger partial charge on any atom is 0.128 e. The SMILES string of the molecule is O[C@H]1CC(C2CCCC2)Oc2cc(F)ccc21. The van der Waals surface area contributed by atoms with E-state index < -0.39 is 6.10 Å². The van der Waals surface area contributed by atoms with Gasteiger partial charge in [-0.2, -0.15) is 0 Å². The first-order valence-corrected chi connectivity index (χ1v) is 6.38. The lowest BCUT2D eigenvalue weighted by Gasteiger charge is -2.33. The van der Waals surface area contributed by atoms with Crippen LogP contribution in [0.1, 0.15) is 43.8 Å². The largest absolute Gasteiger partial charge is 0.490 e. The summed E-state index contributed by atoms with van der Waals surface area (Å²) in [6, 6.07) is 4.39. The monoisotopic (exact) mass is 236 g/mol. The number of halogens is 1. The summed E-state index contributed by atoms with van der Waals surface area (Å²) in [5, 5.41) is 10.1. The molecule has 0 aromatic heterocycles. The molecule has 1 heterocycles. The lowest BCUT2D eigenvalue weighted by molar-refractivity contribution is 0.0353. The molecule has 0 radical (unpaired) electrons. The van der Waals surface area contributed by atoms with E-state index in [-0.39, 0.29) is 11.9 Å². The van der Waals surface area contributed by atoms with Crippen molar-refractivity contribution in [2.45, 2.75) is 44.3 Å². The van der Waals surface area contributed by atoms with Crippen molar-refractivity contribution in [1.82, 2.24) is 0 Å². The number of hydrogen-bond donors (Lipinski definition) is 1. The molecular weight excluding hydrogens is 219 g/mol. The predicted molar refractivity (Wildman–Crippen MR) is 62.4 cm³/mol. The van der Waals surface area contributed by atoms with Crippen LogP contribution in [0.5, 0.6) is 5.75 Å². The molecule has 2 atom stereocenters. The molecule has 1 fully saturated rings. The van der Waals surface area contributed by atoms with Crippen molar-refractivity contribution < 1.29 is 14.2 Å². The third-order valence-corrected chi connectivity index (χ3v) is 3.99. The Balaban J connectivity index is 1.85. The topological polar surface area (TPSA) is 29.5 Å². The lowest BCUT2D eigenvalue weighted by Crippen LogP contribution is -2.31. The van der Waals surface area contributed by atoms with Gasteiger partial charge in [-0.25, -0.2) is 4.39 Å². The summed E-state index contributed by atoms with van der Waals surface area (Å²) in [6.07, 6.45) is 5.02. The number of benzene rings is 1. The van der Waals surface area contributed by atoms with E-state index in [1.807, 2.05) is 0 Å². The van der Waals surface area contributed by atoms with E-state index in [0.29, 0.717) is 18.1 Å². The van der Waals surface area contributed by atoms with Crippen LogP contribution in [0.25, 0.3) is 0 Å². The van der Waals surface area contributed by atoms with Crippen LogP contribution in [0.3, 0.4) is 0 Å². The molecule has 3 rings (SSSR count). The van der Waals surface area contributed by atoms with E-state index in [9.17, 15) is 9.50 Å². The molecular formula is C14H17FO2. The predicted octanol–water partition coefficient (Wildman–Crippen LogP) is 3.20. The number of fused-ring (bicyclic) bond motifs is 1. The second kappa shape index (κ2) is 4.30. The molecule has 2 nitrogen and oxygen atoms in total. The molecule has 1 aliphatic heterocycles. The van der Waals surface area contributed by atoms with Crippen LogP contribution in [0.4, 0.5) is 4.39 Å². The highest BCUT2D eigenvalue weighted by Gasteiger charge is 2.33. The molecule has 0 spiro atoms. The van der Waals surface area contributed by atoms with Crippen molar-refractivity contribution in [3.8, 4) is 5.75 Å². The van der Waals surface area contributed by atoms with Gasteiger partial charge in [0.1, 0.15) is 17.7 Å². The highest BCUT2D eigenvalue weighted by atomic mass is 19.1. The van der Waals surface area contributed by atoms with Crippen molar-refractivity contribution in [1.29, 1.82) is 0 Å². The third-order valence-electron chi connectivity index (χ3n) is 3.99. The molecule has 1 N–H and O–H groups in total. The summed E-state index contributed by atoms with van der Waals surface area (Å²) < 4.78 is 19.0. The van der Waals surface area contributed by atoms with Crippen LogP contribution in [-0.2, 0) is 0 Å².